The van der Waals surface area contributed by atoms with Gasteiger partial charge < -0.3 is 0 Å². The van der Waals surface area contributed by atoms with Gasteiger partial charge in [-0.2, -0.15) is 0 Å². The molecule has 0 saturated carbocycles. The molecule has 1 aromatic heterocycles. The van der Waals surface area contributed by atoms with Gasteiger partial charge in [0.25, 0.3) is 0 Å². The molecule has 2 aromatic carbocycles. The Labute approximate surface area is 167 Å². The third kappa shape index (κ3) is 3.65. The number of benzene rings is 2. The van der Waals surface area contributed by atoms with Crippen LogP contribution in [0.4, 0.5) is 0 Å². The Bertz CT molecular complexity index is 1080. The highest BCUT2D eigenvalue weighted by Crippen LogP contribution is 2.35. The summed E-state index contributed by atoms with van der Waals surface area (Å²) in [6.45, 7) is 15.5. The molecule has 0 fully saturated rings. The second-order valence-corrected chi connectivity index (χ2v) is 8.70. The van der Waals surface area contributed by atoms with Crippen LogP contribution in [0.15, 0.2) is 42.5 Å². The van der Waals surface area contributed by atoms with Gasteiger partial charge in [0.05, 0.1) is 12.3 Å². The van der Waals surface area contributed by atoms with Gasteiger partial charge in [-0.3, -0.25) is 0 Å². The molecule has 0 aliphatic carbocycles. The SMILES string of the molecule is [2H]c1c([2H])[n+](C)c(-c2cc(C(C)C)cc(C(C)C)c2C)c2ccc(C(C)C)cc12. The summed E-state index contributed by atoms with van der Waals surface area (Å²) in [6.07, 6.45) is 0.258. The number of fused-ring (bicyclic) bond motifs is 1. The maximum atomic E-state index is 8.62. The van der Waals surface area contributed by atoms with Gasteiger partial charge in [0.15, 0.2) is 6.17 Å². The van der Waals surface area contributed by atoms with Crippen LogP contribution in [0.1, 0.15) is 84.3 Å². The summed E-state index contributed by atoms with van der Waals surface area (Å²) in [5.41, 5.74) is 7.38. The highest BCUT2D eigenvalue weighted by Gasteiger charge is 2.21. The van der Waals surface area contributed by atoms with Gasteiger partial charge in [-0.25, -0.2) is 4.57 Å². The van der Waals surface area contributed by atoms with E-state index in [-0.39, 0.29) is 6.17 Å². The zero-order valence-electron chi connectivity index (χ0n) is 20.1. The Balaban J connectivity index is 2.47. The van der Waals surface area contributed by atoms with E-state index >= 15 is 0 Å². The summed E-state index contributed by atoms with van der Waals surface area (Å²) < 4.78 is 19.1. The lowest BCUT2D eigenvalue weighted by molar-refractivity contribution is -0.659. The normalized spacial score (nSPS) is 13.0. The largest absolute Gasteiger partial charge is 0.220 e. The van der Waals surface area contributed by atoms with Crippen molar-refractivity contribution in [2.75, 3.05) is 0 Å². The number of nitrogens with zero attached hydrogens (tertiary/aromatic N) is 1. The van der Waals surface area contributed by atoms with Crippen molar-refractivity contribution in [1.82, 2.24) is 0 Å². The molecule has 0 saturated heterocycles. The van der Waals surface area contributed by atoms with Crippen molar-refractivity contribution in [2.24, 2.45) is 7.05 Å². The minimum absolute atomic E-state index is 0.258. The standard InChI is InChI=1S/C26H34N/c1-16(2)20-9-10-23-21(13-20)11-12-27(8)26(23)25-15-22(17(3)4)14-24(18(5)6)19(25)7/h9-18H,1-8H3/q+1/i11D,12D. The van der Waals surface area contributed by atoms with Crippen molar-refractivity contribution < 1.29 is 7.31 Å². The molecule has 142 valence electrons. The number of rotatable bonds is 4. The van der Waals surface area contributed by atoms with Crippen LogP contribution >= 0.6 is 0 Å². The van der Waals surface area contributed by atoms with E-state index in [0.29, 0.717) is 23.8 Å². The quantitative estimate of drug-likeness (QED) is 0.439. The molecule has 0 aliphatic heterocycles. The van der Waals surface area contributed by atoms with E-state index in [1.165, 1.54) is 27.8 Å². The van der Waals surface area contributed by atoms with E-state index in [1.807, 2.05) is 11.6 Å². The molecule has 1 nitrogen and oxygen atoms in total. The van der Waals surface area contributed by atoms with E-state index in [9.17, 15) is 0 Å². The minimum atomic E-state index is 0.258. The first-order valence-electron chi connectivity index (χ1n) is 11.1. The maximum Gasteiger partial charge on any atom is 0.220 e. The van der Waals surface area contributed by atoms with Crippen molar-refractivity contribution in [3.8, 4) is 11.3 Å². The fourth-order valence-electron chi connectivity index (χ4n) is 3.88. The molecular formula is C26H34N+. The lowest BCUT2D eigenvalue weighted by atomic mass is 9.86. The number of pyridine rings is 1. The van der Waals surface area contributed by atoms with Gasteiger partial charge in [-0.05, 0) is 64.5 Å². The molecule has 3 rings (SSSR count). The van der Waals surface area contributed by atoms with Crippen molar-refractivity contribution in [3.05, 3.63) is 64.8 Å². The molecule has 27 heavy (non-hydrogen) atoms. The zero-order valence-corrected chi connectivity index (χ0v) is 18.1. The second kappa shape index (κ2) is 7.46. The lowest BCUT2D eigenvalue weighted by Gasteiger charge is -2.18. The summed E-state index contributed by atoms with van der Waals surface area (Å²) in [4.78, 5) is 0. The third-order valence-electron chi connectivity index (χ3n) is 5.67. The number of hydrogen-bond acceptors (Lipinski definition) is 0. The van der Waals surface area contributed by atoms with Gasteiger partial charge in [-0.15, -0.1) is 0 Å². The number of hydrogen-bond donors (Lipinski definition) is 0. The molecule has 0 atom stereocenters. The first-order valence-corrected chi connectivity index (χ1v) is 10.1. The molecule has 3 aromatic rings. The van der Waals surface area contributed by atoms with Crippen molar-refractivity contribution in [3.63, 3.8) is 0 Å². The molecule has 0 amide bonds. The molecule has 0 bridgehead atoms. The molecular weight excluding hydrogens is 326 g/mol. The van der Waals surface area contributed by atoms with Gasteiger partial charge in [0.2, 0.25) is 5.69 Å². The van der Waals surface area contributed by atoms with E-state index in [1.54, 1.807) is 0 Å². The average Bonchev–Trinajstić information content (AvgIpc) is 2.66. The van der Waals surface area contributed by atoms with Crippen LogP contribution in [0, 0.1) is 6.92 Å². The summed E-state index contributed by atoms with van der Waals surface area (Å²) in [6, 6.07) is 11.4. The summed E-state index contributed by atoms with van der Waals surface area (Å²) in [7, 11) is 1.92. The Morgan fingerprint density at radius 1 is 0.852 bits per heavy atom. The predicted molar refractivity (Wildman–Crippen MR) is 118 cm³/mol. The van der Waals surface area contributed by atoms with Gasteiger partial charge in [0, 0.05) is 6.04 Å². The Kier molecular flexibility index (Phi) is 4.69. The predicted octanol–water partition coefficient (Wildman–Crippen LogP) is 7.01. The maximum absolute atomic E-state index is 8.62. The average molecular weight is 363 g/mol. The van der Waals surface area contributed by atoms with Crippen molar-refractivity contribution >= 4 is 10.8 Å². The monoisotopic (exact) mass is 362 g/mol. The van der Waals surface area contributed by atoms with Crippen molar-refractivity contribution in [2.45, 2.75) is 66.2 Å². The van der Waals surface area contributed by atoms with Crippen LogP contribution in [0.3, 0.4) is 0 Å². The van der Waals surface area contributed by atoms with Gasteiger partial charge in [-0.1, -0.05) is 59.7 Å². The Morgan fingerprint density at radius 2 is 1.52 bits per heavy atom. The van der Waals surface area contributed by atoms with Gasteiger partial charge in [0.1, 0.15) is 8.42 Å². The van der Waals surface area contributed by atoms with Crippen LogP contribution in [-0.4, -0.2) is 0 Å². The van der Waals surface area contributed by atoms with E-state index < -0.39 is 0 Å². The molecule has 1 heteroatoms. The molecule has 0 radical (unpaired) electrons. The smallest absolute Gasteiger partial charge is 0.200 e. The minimum Gasteiger partial charge on any atom is -0.200 e. The lowest BCUT2D eigenvalue weighted by Crippen LogP contribution is -2.31. The Hall–Kier alpha value is -2.15. The summed E-state index contributed by atoms with van der Waals surface area (Å²) in [5, 5.41) is 1.92. The van der Waals surface area contributed by atoms with Crippen LogP contribution in [0.2, 0.25) is 0 Å². The highest BCUT2D eigenvalue weighted by molar-refractivity contribution is 5.94. The first kappa shape index (κ1) is 17.0. The summed E-state index contributed by atoms with van der Waals surface area (Å²) >= 11 is 0. The van der Waals surface area contributed by atoms with Crippen LogP contribution < -0.4 is 4.57 Å². The molecule has 1 heterocycles. The highest BCUT2D eigenvalue weighted by atomic mass is 14.9. The van der Waals surface area contributed by atoms with E-state index in [2.05, 4.69) is 78.8 Å². The van der Waals surface area contributed by atoms with Crippen molar-refractivity contribution in [1.29, 1.82) is 0 Å². The zero-order chi connectivity index (χ0) is 21.6. The molecule has 0 unspecified atom stereocenters. The van der Waals surface area contributed by atoms with E-state index in [0.717, 1.165) is 16.5 Å². The van der Waals surface area contributed by atoms with E-state index in [4.69, 9.17) is 2.74 Å². The molecule has 0 spiro atoms. The third-order valence-corrected chi connectivity index (χ3v) is 5.67. The van der Waals surface area contributed by atoms with Crippen LogP contribution in [0.25, 0.3) is 22.0 Å². The topological polar surface area (TPSA) is 3.88 Å². The van der Waals surface area contributed by atoms with Crippen LogP contribution in [-0.2, 0) is 7.05 Å². The molecule has 0 aliphatic rings. The fraction of sp³-hybridized carbons (Fsp3) is 0.423. The van der Waals surface area contributed by atoms with Crippen LogP contribution in [0.5, 0.6) is 0 Å². The number of aromatic nitrogens is 1. The second-order valence-electron chi connectivity index (χ2n) is 8.70. The fourth-order valence-corrected chi connectivity index (χ4v) is 3.88. The van der Waals surface area contributed by atoms with Gasteiger partial charge >= 0.3 is 0 Å². The summed E-state index contributed by atoms with van der Waals surface area (Å²) in [5.74, 6) is 1.26. The molecule has 0 N–H and O–H groups in total. The Morgan fingerprint density at radius 3 is 2.11 bits per heavy atom. The first-order chi connectivity index (χ1) is 13.5.